The molecule has 0 saturated carbocycles. The standard InChI is InChI=1S/C15H21FN2O/c1-10(9-11(2)17-4)12(3)15(19)18-14-7-5-13(16)6-8-14/h5-8,11-12,17H,1,9H2,2-4H3,(H,18,19)/t11?,12-/m0/s1. The lowest BCUT2D eigenvalue weighted by atomic mass is 9.96. The van der Waals surface area contributed by atoms with E-state index in [2.05, 4.69) is 17.2 Å². The average molecular weight is 264 g/mol. The maximum atomic E-state index is 12.8. The molecule has 3 nitrogen and oxygen atoms in total. The molecule has 2 atom stereocenters. The molecule has 0 fully saturated rings. The Morgan fingerprint density at radius 3 is 2.42 bits per heavy atom. The molecule has 4 heteroatoms. The van der Waals surface area contributed by atoms with Gasteiger partial charge in [-0.15, -0.1) is 0 Å². The van der Waals surface area contributed by atoms with E-state index in [4.69, 9.17) is 0 Å². The highest BCUT2D eigenvalue weighted by atomic mass is 19.1. The van der Waals surface area contributed by atoms with Gasteiger partial charge in [-0.1, -0.05) is 12.2 Å². The summed E-state index contributed by atoms with van der Waals surface area (Å²) in [6.07, 6.45) is 0.745. The average Bonchev–Trinajstić information content (AvgIpc) is 2.40. The molecule has 0 bridgehead atoms. The highest BCUT2D eigenvalue weighted by Crippen LogP contribution is 2.17. The second-order valence-electron chi connectivity index (χ2n) is 4.77. The molecule has 0 aliphatic rings. The van der Waals surface area contributed by atoms with Gasteiger partial charge < -0.3 is 10.6 Å². The van der Waals surface area contributed by atoms with Crippen molar-refractivity contribution in [2.45, 2.75) is 26.3 Å². The quantitative estimate of drug-likeness (QED) is 0.776. The topological polar surface area (TPSA) is 41.1 Å². The van der Waals surface area contributed by atoms with Crippen LogP contribution in [0.4, 0.5) is 10.1 Å². The Kier molecular flexibility index (Phi) is 5.70. The van der Waals surface area contributed by atoms with E-state index in [9.17, 15) is 9.18 Å². The van der Waals surface area contributed by atoms with Crippen LogP contribution in [0.1, 0.15) is 20.3 Å². The zero-order valence-corrected chi connectivity index (χ0v) is 11.7. The summed E-state index contributed by atoms with van der Waals surface area (Å²) in [4.78, 5) is 12.0. The molecular weight excluding hydrogens is 243 g/mol. The molecule has 1 aromatic rings. The number of benzene rings is 1. The van der Waals surface area contributed by atoms with Crippen molar-refractivity contribution in [3.8, 4) is 0 Å². The third kappa shape index (κ3) is 4.83. The van der Waals surface area contributed by atoms with Crippen molar-refractivity contribution >= 4 is 11.6 Å². The first kappa shape index (κ1) is 15.4. The second kappa shape index (κ2) is 7.04. The number of carbonyl (C=O) groups excluding carboxylic acids is 1. The maximum Gasteiger partial charge on any atom is 0.231 e. The van der Waals surface area contributed by atoms with Gasteiger partial charge in [-0.25, -0.2) is 4.39 Å². The first-order chi connectivity index (χ1) is 8.93. The lowest BCUT2D eigenvalue weighted by Gasteiger charge is -2.18. The number of rotatable bonds is 6. The van der Waals surface area contributed by atoms with Crippen LogP contribution < -0.4 is 10.6 Å². The zero-order valence-electron chi connectivity index (χ0n) is 11.7. The molecular formula is C15H21FN2O. The van der Waals surface area contributed by atoms with Crippen molar-refractivity contribution in [2.24, 2.45) is 5.92 Å². The monoisotopic (exact) mass is 264 g/mol. The van der Waals surface area contributed by atoms with Gasteiger partial charge in [0.15, 0.2) is 0 Å². The van der Waals surface area contributed by atoms with Gasteiger partial charge in [-0.3, -0.25) is 4.79 Å². The Morgan fingerprint density at radius 1 is 1.32 bits per heavy atom. The normalized spacial score (nSPS) is 13.7. The van der Waals surface area contributed by atoms with Crippen LogP contribution in [0.5, 0.6) is 0 Å². The molecule has 1 rings (SSSR count). The van der Waals surface area contributed by atoms with Gasteiger partial charge in [-0.2, -0.15) is 0 Å². The SMILES string of the molecule is C=C(CC(C)NC)[C@H](C)C(=O)Nc1ccc(F)cc1. The fraction of sp³-hybridized carbons (Fsp3) is 0.400. The summed E-state index contributed by atoms with van der Waals surface area (Å²) in [5, 5.41) is 5.87. The smallest absolute Gasteiger partial charge is 0.231 e. The molecule has 2 N–H and O–H groups in total. The predicted molar refractivity (Wildman–Crippen MR) is 76.5 cm³/mol. The molecule has 0 aromatic heterocycles. The van der Waals surface area contributed by atoms with Gasteiger partial charge in [0.05, 0.1) is 5.92 Å². The number of anilines is 1. The Labute approximate surface area is 113 Å². The van der Waals surface area contributed by atoms with E-state index in [1.807, 2.05) is 20.9 Å². The number of carbonyl (C=O) groups is 1. The fourth-order valence-electron chi connectivity index (χ4n) is 1.64. The second-order valence-corrected chi connectivity index (χ2v) is 4.77. The Balaban J connectivity index is 2.57. The van der Waals surface area contributed by atoms with E-state index in [1.165, 1.54) is 12.1 Å². The summed E-state index contributed by atoms with van der Waals surface area (Å²) < 4.78 is 12.8. The van der Waals surface area contributed by atoms with Crippen LogP contribution >= 0.6 is 0 Å². The predicted octanol–water partition coefficient (Wildman–Crippen LogP) is 2.95. The number of hydrogen-bond donors (Lipinski definition) is 2. The van der Waals surface area contributed by atoms with Crippen molar-refractivity contribution in [1.82, 2.24) is 5.32 Å². The molecule has 1 amide bonds. The number of halogens is 1. The van der Waals surface area contributed by atoms with Crippen molar-refractivity contribution in [3.63, 3.8) is 0 Å². The molecule has 1 aromatic carbocycles. The van der Waals surface area contributed by atoms with Crippen molar-refractivity contribution < 1.29 is 9.18 Å². The van der Waals surface area contributed by atoms with Crippen LogP contribution in [0.25, 0.3) is 0 Å². The van der Waals surface area contributed by atoms with E-state index in [1.54, 1.807) is 12.1 Å². The maximum absolute atomic E-state index is 12.8. The number of nitrogens with one attached hydrogen (secondary N) is 2. The first-order valence-corrected chi connectivity index (χ1v) is 6.35. The molecule has 1 unspecified atom stereocenters. The summed E-state index contributed by atoms with van der Waals surface area (Å²) >= 11 is 0. The minimum absolute atomic E-state index is 0.125. The summed E-state index contributed by atoms with van der Waals surface area (Å²) in [6, 6.07) is 6.00. The van der Waals surface area contributed by atoms with E-state index in [0.29, 0.717) is 5.69 Å². The summed E-state index contributed by atoms with van der Waals surface area (Å²) in [5.74, 6) is -0.723. The summed E-state index contributed by atoms with van der Waals surface area (Å²) in [6.45, 7) is 7.82. The minimum atomic E-state index is -0.321. The Bertz CT molecular complexity index is 442. The molecule has 0 heterocycles. The largest absolute Gasteiger partial charge is 0.326 e. The zero-order chi connectivity index (χ0) is 14.4. The fourth-order valence-corrected chi connectivity index (χ4v) is 1.64. The molecule has 0 radical (unpaired) electrons. The van der Waals surface area contributed by atoms with Gasteiger partial charge in [-0.05, 0) is 51.6 Å². The van der Waals surface area contributed by atoms with Gasteiger partial charge in [0, 0.05) is 11.7 Å². The third-order valence-electron chi connectivity index (χ3n) is 3.18. The van der Waals surface area contributed by atoms with E-state index >= 15 is 0 Å². The minimum Gasteiger partial charge on any atom is -0.326 e. The van der Waals surface area contributed by atoms with E-state index in [0.717, 1.165) is 12.0 Å². The van der Waals surface area contributed by atoms with Crippen LogP contribution in [-0.4, -0.2) is 19.0 Å². The van der Waals surface area contributed by atoms with E-state index in [-0.39, 0.29) is 23.7 Å². The number of amides is 1. The highest BCUT2D eigenvalue weighted by Gasteiger charge is 2.17. The van der Waals surface area contributed by atoms with Crippen molar-refractivity contribution in [2.75, 3.05) is 12.4 Å². The highest BCUT2D eigenvalue weighted by molar-refractivity contribution is 5.93. The van der Waals surface area contributed by atoms with Crippen molar-refractivity contribution in [3.05, 3.63) is 42.2 Å². The van der Waals surface area contributed by atoms with Crippen LogP contribution in [0, 0.1) is 11.7 Å². The van der Waals surface area contributed by atoms with Crippen LogP contribution in [-0.2, 0) is 4.79 Å². The summed E-state index contributed by atoms with van der Waals surface area (Å²) in [7, 11) is 1.88. The molecule has 0 spiro atoms. The van der Waals surface area contributed by atoms with Gasteiger partial charge in [0.25, 0.3) is 0 Å². The summed E-state index contributed by atoms with van der Waals surface area (Å²) in [5.41, 5.74) is 1.47. The first-order valence-electron chi connectivity index (χ1n) is 6.35. The molecule has 0 saturated heterocycles. The molecule has 104 valence electrons. The lowest BCUT2D eigenvalue weighted by molar-refractivity contribution is -0.118. The van der Waals surface area contributed by atoms with Crippen molar-refractivity contribution in [1.29, 1.82) is 0 Å². The Morgan fingerprint density at radius 2 is 1.89 bits per heavy atom. The number of hydrogen-bond acceptors (Lipinski definition) is 2. The van der Waals surface area contributed by atoms with Gasteiger partial charge in [0.1, 0.15) is 5.82 Å². The molecule has 19 heavy (non-hydrogen) atoms. The van der Waals surface area contributed by atoms with Crippen LogP contribution in [0.3, 0.4) is 0 Å². The third-order valence-corrected chi connectivity index (χ3v) is 3.18. The van der Waals surface area contributed by atoms with Gasteiger partial charge >= 0.3 is 0 Å². The van der Waals surface area contributed by atoms with E-state index < -0.39 is 0 Å². The van der Waals surface area contributed by atoms with Crippen LogP contribution in [0.15, 0.2) is 36.4 Å². The Hall–Kier alpha value is -1.68. The van der Waals surface area contributed by atoms with Crippen LogP contribution in [0.2, 0.25) is 0 Å². The molecule has 0 aliphatic heterocycles. The lowest BCUT2D eigenvalue weighted by Crippen LogP contribution is -2.27. The van der Waals surface area contributed by atoms with Gasteiger partial charge in [0.2, 0.25) is 5.91 Å². The molecule has 0 aliphatic carbocycles.